The number of hydrogen-bond acceptors (Lipinski definition) is 4. The van der Waals surface area contributed by atoms with Crippen LogP contribution in [0, 0.1) is 0 Å². The Kier molecular flexibility index (Phi) is 3.90. The van der Waals surface area contributed by atoms with Gasteiger partial charge in [-0.3, -0.25) is 9.48 Å². The van der Waals surface area contributed by atoms with Crippen LogP contribution in [0.5, 0.6) is 0 Å². The van der Waals surface area contributed by atoms with Crippen LogP contribution in [0.3, 0.4) is 0 Å². The second-order valence-electron chi connectivity index (χ2n) is 5.59. The zero-order valence-corrected chi connectivity index (χ0v) is 13.3. The fourth-order valence-corrected chi connectivity index (χ4v) is 4.31. The number of amides is 1. The molecule has 1 N–H and O–H groups in total. The van der Waals surface area contributed by atoms with E-state index >= 15 is 0 Å². The SMILES string of the molecule is CCCNC(=O)Cn1ncc2c(S(=O)(=O)C3CC3)cccc21. The number of carbonyl (C=O) groups is 1. The zero-order chi connectivity index (χ0) is 15.7. The molecule has 0 radical (unpaired) electrons. The number of carbonyl (C=O) groups excluding carboxylic acids is 1. The number of hydrogen-bond donors (Lipinski definition) is 1. The fraction of sp³-hybridized carbons (Fsp3) is 0.467. The van der Waals surface area contributed by atoms with Gasteiger partial charge in [0.1, 0.15) is 6.54 Å². The predicted molar refractivity (Wildman–Crippen MR) is 83.2 cm³/mol. The van der Waals surface area contributed by atoms with E-state index < -0.39 is 9.84 Å². The number of benzene rings is 1. The Balaban J connectivity index is 1.94. The molecule has 118 valence electrons. The van der Waals surface area contributed by atoms with E-state index in [1.54, 1.807) is 22.9 Å². The normalized spacial score (nSPS) is 15.1. The largest absolute Gasteiger partial charge is 0.355 e. The van der Waals surface area contributed by atoms with E-state index in [9.17, 15) is 13.2 Å². The molecule has 6 nitrogen and oxygen atoms in total. The Morgan fingerprint density at radius 3 is 2.86 bits per heavy atom. The van der Waals surface area contributed by atoms with E-state index in [2.05, 4.69) is 10.4 Å². The van der Waals surface area contributed by atoms with Crippen LogP contribution in [-0.2, 0) is 21.2 Å². The van der Waals surface area contributed by atoms with Gasteiger partial charge in [-0.05, 0) is 31.4 Å². The van der Waals surface area contributed by atoms with Gasteiger partial charge in [0, 0.05) is 11.9 Å². The van der Waals surface area contributed by atoms with Crippen LogP contribution in [-0.4, -0.2) is 35.9 Å². The zero-order valence-electron chi connectivity index (χ0n) is 12.4. The third kappa shape index (κ3) is 2.72. The molecule has 0 atom stereocenters. The molecule has 22 heavy (non-hydrogen) atoms. The lowest BCUT2D eigenvalue weighted by atomic mass is 10.2. The fourth-order valence-electron chi connectivity index (χ4n) is 2.47. The Hall–Kier alpha value is -1.89. The van der Waals surface area contributed by atoms with Gasteiger partial charge in [-0.15, -0.1) is 0 Å². The summed E-state index contributed by atoms with van der Waals surface area (Å²) < 4.78 is 26.5. The summed E-state index contributed by atoms with van der Waals surface area (Å²) >= 11 is 0. The van der Waals surface area contributed by atoms with Crippen LogP contribution >= 0.6 is 0 Å². The first-order valence-corrected chi connectivity index (χ1v) is 9.04. The average Bonchev–Trinajstić information content (AvgIpc) is 3.29. The van der Waals surface area contributed by atoms with Gasteiger partial charge < -0.3 is 5.32 Å². The van der Waals surface area contributed by atoms with Crippen molar-refractivity contribution in [1.29, 1.82) is 0 Å². The smallest absolute Gasteiger partial charge is 0.241 e. The monoisotopic (exact) mass is 321 g/mol. The van der Waals surface area contributed by atoms with E-state index in [4.69, 9.17) is 0 Å². The van der Waals surface area contributed by atoms with E-state index in [1.165, 1.54) is 6.20 Å². The molecule has 1 aromatic heterocycles. The van der Waals surface area contributed by atoms with Gasteiger partial charge >= 0.3 is 0 Å². The molecule has 1 aliphatic rings. The van der Waals surface area contributed by atoms with E-state index in [0.717, 1.165) is 19.3 Å². The van der Waals surface area contributed by atoms with Gasteiger partial charge in [0.05, 0.1) is 21.9 Å². The summed E-state index contributed by atoms with van der Waals surface area (Å²) in [6.07, 6.45) is 3.87. The minimum atomic E-state index is -3.28. The lowest BCUT2D eigenvalue weighted by Gasteiger charge is -2.07. The molecule has 3 rings (SSSR count). The summed E-state index contributed by atoms with van der Waals surface area (Å²) in [6, 6.07) is 5.13. The molecule has 1 aliphatic carbocycles. The molecule has 0 saturated heterocycles. The summed E-state index contributed by atoms with van der Waals surface area (Å²) in [5, 5.41) is 7.32. The minimum absolute atomic E-state index is 0.0937. The van der Waals surface area contributed by atoms with Crippen molar-refractivity contribution in [2.75, 3.05) is 6.54 Å². The number of fused-ring (bicyclic) bond motifs is 1. The number of nitrogens with one attached hydrogen (secondary N) is 1. The Bertz CT molecular complexity index is 807. The van der Waals surface area contributed by atoms with E-state index in [-0.39, 0.29) is 17.7 Å². The molecule has 0 spiro atoms. The first kappa shape index (κ1) is 15.0. The van der Waals surface area contributed by atoms with Crippen LogP contribution in [0.4, 0.5) is 0 Å². The summed E-state index contributed by atoms with van der Waals surface area (Å²) in [4.78, 5) is 12.1. The highest BCUT2D eigenvalue weighted by atomic mass is 32.2. The highest BCUT2D eigenvalue weighted by molar-refractivity contribution is 7.92. The number of sulfone groups is 1. The predicted octanol–water partition coefficient (Wildman–Crippen LogP) is 1.50. The van der Waals surface area contributed by atoms with Crippen LogP contribution < -0.4 is 5.32 Å². The number of nitrogens with zero attached hydrogens (tertiary/aromatic N) is 2. The third-order valence-electron chi connectivity index (χ3n) is 3.78. The lowest BCUT2D eigenvalue weighted by Crippen LogP contribution is -2.28. The van der Waals surface area contributed by atoms with Crippen molar-refractivity contribution in [3.05, 3.63) is 24.4 Å². The molecule has 7 heteroatoms. The quantitative estimate of drug-likeness (QED) is 0.874. The maximum absolute atomic E-state index is 12.5. The van der Waals surface area contributed by atoms with Crippen molar-refractivity contribution >= 4 is 26.6 Å². The van der Waals surface area contributed by atoms with E-state index in [0.29, 0.717) is 22.3 Å². The molecular weight excluding hydrogens is 302 g/mol. The van der Waals surface area contributed by atoms with Crippen molar-refractivity contribution in [2.24, 2.45) is 0 Å². The van der Waals surface area contributed by atoms with Gasteiger partial charge in [-0.2, -0.15) is 5.10 Å². The second kappa shape index (κ2) is 5.72. The number of aromatic nitrogens is 2. The van der Waals surface area contributed by atoms with Gasteiger partial charge in [-0.25, -0.2) is 8.42 Å². The molecule has 0 unspecified atom stereocenters. The minimum Gasteiger partial charge on any atom is -0.355 e. The van der Waals surface area contributed by atoms with Crippen molar-refractivity contribution in [1.82, 2.24) is 15.1 Å². The first-order valence-electron chi connectivity index (χ1n) is 7.49. The summed E-state index contributed by atoms with van der Waals surface area (Å²) in [6.45, 7) is 2.70. The van der Waals surface area contributed by atoms with Crippen LogP contribution in [0.15, 0.2) is 29.3 Å². The maximum Gasteiger partial charge on any atom is 0.241 e. The Morgan fingerprint density at radius 2 is 2.18 bits per heavy atom. The molecule has 1 fully saturated rings. The molecule has 1 amide bonds. The Morgan fingerprint density at radius 1 is 1.41 bits per heavy atom. The van der Waals surface area contributed by atoms with Crippen molar-refractivity contribution in [3.8, 4) is 0 Å². The second-order valence-corrected chi connectivity index (χ2v) is 7.78. The maximum atomic E-state index is 12.5. The third-order valence-corrected chi connectivity index (χ3v) is 6.10. The van der Waals surface area contributed by atoms with Gasteiger partial charge in [0.15, 0.2) is 9.84 Å². The molecule has 1 saturated carbocycles. The van der Waals surface area contributed by atoms with E-state index in [1.807, 2.05) is 6.92 Å². The van der Waals surface area contributed by atoms with Crippen LogP contribution in [0.25, 0.3) is 10.9 Å². The summed E-state index contributed by atoms with van der Waals surface area (Å²) in [5.41, 5.74) is 0.674. The van der Waals surface area contributed by atoms with Crippen molar-refractivity contribution < 1.29 is 13.2 Å². The number of rotatable bonds is 6. The standard InChI is InChI=1S/C15H19N3O3S/c1-2-8-16-15(19)10-18-13-4-3-5-14(12(13)9-17-18)22(20,21)11-6-7-11/h3-5,9,11H,2,6-8,10H2,1H3,(H,16,19). The summed E-state index contributed by atoms with van der Waals surface area (Å²) in [7, 11) is -3.28. The molecule has 2 aromatic rings. The van der Waals surface area contributed by atoms with Crippen LogP contribution in [0.2, 0.25) is 0 Å². The Labute approximate surface area is 129 Å². The first-order chi connectivity index (χ1) is 10.5. The topological polar surface area (TPSA) is 81.1 Å². The molecule has 0 bridgehead atoms. The highest BCUT2D eigenvalue weighted by Crippen LogP contribution is 2.36. The molecule has 0 aliphatic heterocycles. The van der Waals surface area contributed by atoms with Gasteiger partial charge in [0.25, 0.3) is 0 Å². The molecule has 1 heterocycles. The highest BCUT2D eigenvalue weighted by Gasteiger charge is 2.38. The lowest BCUT2D eigenvalue weighted by molar-refractivity contribution is -0.121. The van der Waals surface area contributed by atoms with Crippen molar-refractivity contribution in [2.45, 2.75) is 42.9 Å². The average molecular weight is 321 g/mol. The molecular formula is C15H19N3O3S. The van der Waals surface area contributed by atoms with Gasteiger partial charge in [0.2, 0.25) is 5.91 Å². The summed E-state index contributed by atoms with van der Waals surface area (Å²) in [5.74, 6) is -0.123. The van der Waals surface area contributed by atoms with Crippen LogP contribution in [0.1, 0.15) is 26.2 Å². The van der Waals surface area contributed by atoms with Gasteiger partial charge in [-0.1, -0.05) is 13.0 Å². The molecule has 1 aromatic carbocycles. The van der Waals surface area contributed by atoms with Crippen molar-refractivity contribution in [3.63, 3.8) is 0 Å².